The minimum atomic E-state index is -3.48. The predicted molar refractivity (Wildman–Crippen MR) is 67.8 cm³/mol. The minimum Gasteiger partial charge on any atom is -0.389 e. The molecular weight excluding hydrogens is 258 g/mol. The Morgan fingerprint density at radius 2 is 2.12 bits per heavy atom. The molecule has 0 aromatic carbocycles. The number of thiophene rings is 1. The molecule has 4 nitrogen and oxygen atoms in total. The molecule has 0 unspecified atom stereocenters. The van der Waals surface area contributed by atoms with Gasteiger partial charge in [-0.05, 0) is 39.2 Å². The molecule has 0 bridgehead atoms. The van der Waals surface area contributed by atoms with Crippen LogP contribution in [0.15, 0.2) is 11.0 Å². The van der Waals surface area contributed by atoms with Gasteiger partial charge in [-0.2, -0.15) is 0 Å². The van der Waals surface area contributed by atoms with Gasteiger partial charge in [-0.15, -0.1) is 11.3 Å². The van der Waals surface area contributed by atoms with Gasteiger partial charge < -0.3 is 5.11 Å². The minimum absolute atomic E-state index is 0.115. The predicted octanol–water partition coefficient (Wildman–Crippen LogP) is 1.56. The first-order valence-corrected chi connectivity index (χ1v) is 7.91. The lowest BCUT2D eigenvalue weighted by atomic mass is 9.81. The highest BCUT2D eigenvalue weighted by atomic mass is 32.2. The Bertz CT molecular complexity index is 515. The summed E-state index contributed by atoms with van der Waals surface area (Å²) in [7, 11) is -3.48. The normalized spacial score (nSPS) is 19.0. The Hall–Kier alpha value is -0.430. The summed E-state index contributed by atoms with van der Waals surface area (Å²) in [6, 6.07) is 1.67. The van der Waals surface area contributed by atoms with Gasteiger partial charge in [0.05, 0.1) is 10.5 Å². The van der Waals surface area contributed by atoms with Crippen molar-refractivity contribution in [3.05, 3.63) is 15.8 Å². The molecule has 2 rings (SSSR count). The Kier molecular flexibility index (Phi) is 3.33. The molecule has 0 radical (unpaired) electrons. The molecule has 1 aromatic heterocycles. The molecule has 1 fully saturated rings. The summed E-state index contributed by atoms with van der Waals surface area (Å²) in [6.45, 7) is 3.80. The molecule has 1 heterocycles. The molecule has 0 spiro atoms. The maximum absolute atomic E-state index is 12.0. The van der Waals surface area contributed by atoms with E-state index < -0.39 is 15.6 Å². The van der Waals surface area contributed by atoms with Gasteiger partial charge in [0.25, 0.3) is 0 Å². The molecule has 0 saturated heterocycles. The summed E-state index contributed by atoms with van der Waals surface area (Å²) in [5.41, 5.74) is -0.827. The van der Waals surface area contributed by atoms with Crippen LogP contribution in [0.1, 0.15) is 29.0 Å². The zero-order valence-electron chi connectivity index (χ0n) is 9.99. The first-order chi connectivity index (χ1) is 7.82. The monoisotopic (exact) mass is 275 g/mol. The van der Waals surface area contributed by atoms with E-state index in [1.54, 1.807) is 13.0 Å². The highest BCUT2D eigenvalue weighted by Crippen LogP contribution is 2.31. The van der Waals surface area contributed by atoms with Crippen LogP contribution in [0.3, 0.4) is 0 Å². The molecule has 6 heteroatoms. The number of nitrogens with one attached hydrogen (secondary N) is 1. The van der Waals surface area contributed by atoms with E-state index >= 15 is 0 Å². The summed E-state index contributed by atoms with van der Waals surface area (Å²) < 4.78 is 26.6. The first kappa shape index (κ1) is 13.0. The van der Waals surface area contributed by atoms with Crippen molar-refractivity contribution in [2.75, 3.05) is 6.54 Å². The number of sulfonamides is 1. The summed E-state index contributed by atoms with van der Waals surface area (Å²) in [6.07, 6.45) is 2.32. The Balaban J connectivity index is 2.11. The maximum atomic E-state index is 12.0. The highest BCUT2D eigenvalue weighted by Gasteiger charge is 2.35. The molecule has 0 aliphatic heterocycles. The SMILES string of the molecule is Cc1cc(S(=O)(=O)NCC2(O)CCC2)c(C)s1. The first-order valence-electron chi connectivity index (χ1n) is 5.62. The van der Waals surface area contributed by atoms with E-state index in [2.05, 4.69) is 4.72 Å². The highest BCUT2D eigenvalue weighted by molar-refractivity contribution is 7.89. The van der Waals surface area contributed by atoms with Crippen molar-refractivity contribution in [3.63, 3.8) is 0 Å². The third-order valence-electron chi connectivity index (χ3n) is 3.16. The second-order valence-corrected chi connectivity index (χ2v) is 7.88. The standard InChI is InChI=1S/C11H17NO3S2/c1-8-6-10(9(2)16-8)17(14,15)12-7-11(13)4-3-5-11/h6,12-13H,3-5,7H2,1-2H3. The molecule has 1 aliphatic carbocycles. The number of aryl methyl sites for hydroxylation is 2. The average Bonchev–Trinajstić information content (AvgIpc) is 2.53. The number of hydrogen-bond donors (Lipinski definition) is 2. The van der Waals surface area contributed by atoms with Crippen LogP contribution >= 0.6 is 11.3 Å². The van der Waals surface area contributed by atoms with Crippen LogP contribution in [0.2, 0.25) is 0 Å². The molecule has 1 aromatic rings. The molecule has 0 atom stereocenters. The third-order valence-corrected chi connectivity index (χ3v) is 5.78. The van der Waals surface area contributed by atoms with Crippen molar-refractivity contribution < 1.29 is 13.5 Å². The third kappa shape index (κ3) is 2.70. The van der Waals surface area contributed by atoms with Crippen molar-refractivity contribution in [1.29, 1.82) is 0 Å². The van der Waals surface area contributed by atoms with Crippen molar-refractivity contribution in [3.8, 4) is 0 Å². The fourth-order valence-electron chi connectivity index (χ4n) is 1.94. The van der Waals surface area contributed by atoms with Gasteiger partial charge in [0.1, 0.15) is 0 Å². The lowest BCUT2D eigenvalue weighted by Crippen LogP contribution is -2.47. The van der Waals surface area contributed by atoms with Crippen molar-refractivity contribution in [1.82, 2.24) is 4.72 Å². The van der Waals surface area contributed by atoms with Crippen LogP contribution in [-0.4, -0.2) is 25.7 Å². The summed E-state index contributed by atoms with van der Waals surface area (Å²) in [4.78, 5) is 2.10. The van der Waals surface area contributed by atoms with E-state index in [4.69, 9.17) is 0 Å². The topological polar surface area (TPSA) is 66.4 Å². The largest absolute Gasteiger partial charge is 0.389 e. The van der Waals surface area contributed by atoms with Crippen molar-refractivity contribution in [2.45, 2.75) is 43.6 Å². The molecule has 96 valence electrons. The van der Waals surface area contributed by atoms with E-state index in [9.17, 15) is 13.5 Å². The Labute approximate surface area is 106 Å². The van der Waals surface area contributed by atoms with E-state index in [0.29, 0.717) is 17.7 Å². The van der Waals surface area contributed by atoms with Gasteiger partial charge in [0.2, 0.25) is 10.0 Å². The van der Waals surface area contributed by atoms with Crippen LogP contribution < -0.4 is 4.72 Å². The maximum Gasteiger partial charge on any atom is 0.241 e. The van der Waals surface area contributed by atoms with Crippen molar-refractivity contribution in [2.24, 2.45) is 0 Å². The number of hydrogen-bond acceptors (Lipinski definition) is 4. The van der Waals surface area contributed by atoms with Gasteiger partial charge in [-0.1, -0.05) is 0 Å². The van der Waals surface area contributed by atoms with Gasteiger partial charge in [-0.3, -0.25) is 0 Å². The second kappa shape index (κ2) is 4.35. The molecule has 1 aliphatic rings. The summed E-state index contributed by atoms with van der Waals surface area (Å²) >= 11 is 1.47. The summed E-state index contributed by atoms with van der Waals surface area (Å²) in [5.74, 6) is 0. The zero-order chi connectivity index (χ0) is 12.7. The number of rotatable bonds is 4. The Morgan fingerprint density at radius 3 is 2.53 bits per heavy atom. The van der Waals surface area contributed by atoms with E-state index in [0.717, 1.165) is 16.2 Å². The van der Waals surface area contributed by atoms with E-state index in [1.165, 1.54) is 11.3 Å². The van der Waals surface area contributed by atoms with Crippen LogP contribution in [-0.2, 0) is 10.0 Å². The smallest absolute Gasteiger partial charge is 0.241 e. The summed E-state index contributed by atoms with van der Waals surface area (Å²) in [5, 5.41) is 9.87. The fraction of sp³-hybridized carbons (Fsp3) is 0.636. The molecule has 0 amide bonds. The number of aliphatic hydroxyl groups is 1. The lowest BCUT2D eigenvalue weighted by Gasteiger charge is -2.36. The molecule has 17 heavy (non-hydrogen) atoms. The molecular formula is C11H17NO3S2. The van der Waals surface area contributed by atoms with Crippen LogP contribution in [0.4, 0.5) is 0 Å². The van der Waals surface area contributed by atoms with Gasteiger partial charge in [-0.25, -0.2) is 13.1 Å². The van der Waals surface area contributed by atoms with Crippen LogP contribution in [0.25, 0.3) is 0 Å². The van der Waals surface area contributed by atoms with E-state index in [-0.39, 0.29) is 6.54 Å². The van der Waals surface area contributed by atoms with Gasteiger partial charge >= 0.3 is 0 Å². The quantitative estimate of drug-likeness (QED) is 0.876. The fourth-order valence-corrected chi connectivity index (χ4v) is 4.62. The van der Waals surface area contributed by atoms with Crippen molar-refractivity contribution >= 4 is 21.4 Å². The molecule has 1 saturated carbocycles. The van der Waals surface area contributed by atoms with Crippen LogP contribution in [0.5, 0.6) is 0 Å². The van der Waals surface area contributed by atoms with Crippen LogP contribution in [0, 0.1) is 13.8 Å². The van der Waals surface area contributed by atoms with Gasteiger partial charge in [0, 0.05) is 16.3 Å². The zero-order valence-corrected chi connectivity index (χ0v) is 11.6. The van der Waals surface area contributed by atoms with E-state index in [1.807, 2.05) is 6.92 Å². The lowest BCUT2D eigenvalue weighted by molar-refractivity contribution is -0.0270. The molecule has 2 N–H and O–H groups in total. The second-order valence-electron chi connectivity index (χ2n) is 4.68. The average molecular weight is 275 g/mol. The van der Waals surface area contributed by atoms with Gasteiger partial charge in [0.15, 0.2) is 0 Å². The Morgan fingerprint density at radius 1 is 1.47 bits per heavy atom.